The molecule has 0 aromatic carbocycles. The summed E-state index contributed by atoms with van der Waals surface area (Å²) in [5.74, 6) is -0.0392. The average molecular weight is 380 g/mol. The van der Waals surface area contributed by atoms with Gasteiger partial charge in [0, 0.05) is 11.4 Å². The van der Waals surface area contributed by atoms with Gasteiger partial charge in [-0.25, -0.2) is 9.97 Å². The van der Waals surface area contributed by atoms with Gasteiger partial charge >= 0.3 is 5.97 Å². The molecule has 3 rings (SSSR count). The fourth-order valence-corrected chi connectivity index (χ4v) is 4.55. The molecule has 1 amide bonds. The van der Waals surface area contributed by atoms with Crippen LogP contribution in [0.5, 0.6) is 0 Å². The summed E-state index contributed by atoms with van der Waals surface area (Å²) in [7, 11) is 0. The number of thiophene rings is 1. The van der Waals surface area contributed by atoms with Crippen LogP contribution in [-0.2, 0) is 14.3 Å². The van der Waals surface area contributed by atoms with Crippen LogP contribution >= 0.6 is 23.1 Å². The summed E-state index contributed by atoms with van der Waals surface area (Å²) in [6.07, 6.45) is 5.99. The second-order valence-corrected chi connectivity index (χ2v) is 8.06. The van der Waals surface area contributed by atoms with Crippen molar-refractivity contribution in [3.8, 4) is 0 Å². The summed E-state index contributed by atoms with van der Waals surface area (Å²) in [6, 6.07) is 2.13. The van der Waals surface area contributed by atoms with Crippen LogP contribution in [-0.4, -0.2) is 40.2 Å². The Morgan fingerprint density at radius 1 is 1.36 bits per heavy atom. The van der Waals surface area contributed by atoms with E-state index in [-0.39, 0.29) is 24.3 Å². The zero-order valence-corrected chi connectivity index (χ0v) is 15.7. The minimum atomic E-state index is -0.418. The minimum absolute atomic E-state index is 0.120. The lowest BCUT2D eigenvalue weighted by molar-refractivity contribution is -0.146. The van der Waals surface area contributed by atoms with E-state index < -0.39 is 5.97 Å². The smallest absolute Gasteiger partial charge is 0.316 e. The zero-order chi connectivity index (χ0) is 17.6. The summed E-state index contributed by atoms with van der Waals surface area (Å²) in [6.45, 7) is 1.93. The van der Waals surface area contributed by atoms with Crippen molar-refractivity contribution in [3.05, 3.63) is 17.8 Å². The molecule has 2 aromatic rings. The van der Waals surface area contributed by atoms with E-state index in [1.807, 2.05) is 11.4 Å². The van der Waals surface area contributed by atoms with Crippen LogP contribution < -0.4 is 5.32 Å². The second-order valence-electron chi connectivity index (χ2n) is 6.20. The normalized spacial score (nSPS) is 20.4. The summed E-state index contributed by atoms with van der Waals surface area (Å²) >= 11 is 2.83. The number of amides is 1. The van der Waals surface area contributed by atoms with E-state index in [0.29, 0.717) is 5.92 Å². The number of rotatable bonds is 6. The predicted octanol–water partition coefficient (Wildman–Crippen LogP) is 3.02. The van der Waals surface area contributed by atoms with E-state index in [1.165, 1.54) is 35.8 Å². The molecule has 0 saturated heterocycles. The molecule has 0 bridgehead atoms. The van der Waals surface area contributed by atoms with Crippen LogP contribution in [0.2, 0.25) is 0 Å². The maximum absolute atomic E-state index is 12.0. The molecule has 2 aromatic heterocycles. The highest BCUT2D eigenvalue weighted by Crippen LogP contribution is 2.27. The highest BCUT2D eigenvalue weighted by atomic mass is 32.2. The van der Waals surface area contributed by atoms with Gasteiger partial charge in [0.25, 0.3) is 5.91 Å². The van der Waals surface area contributed by atoms with Crippen molar-refractivity contribution < 1.29 is 14.3 Å². The average Bonchev–Trinajstić information content (AvgIpc) is 3.09. The Balaban J connectivity index is 1.42. The summed E-state index contributed by atoms with van der Waals surface area (Å²) in [5, 5.41) is 6.61. The number of thioether (sulfide) groups is 1. The third-order valence-corrected chi connectivity index (χ3v) is 6.17. The molecule has 0 spiro atoms. The Hall–Kier alpha value is -1.67. The lowest BCUT2D eigenvalue weighted by atomic mass is 9.86. The Morgan fingerprint density at radius 3 is 3.04 bits per heavy atom. The third kappa shape index (κ3) is 4.92. The van der Waals surface area contributed by atoms with Crippen molar-refractivity contribution in [1.29, 1.82) is 0 Å². The van der Waals surface area contributed by atoms with Crippen LogP contribution in [0.25, 0.3) is 10.2 Å². The van der Waals surface area contributed by atoms with Gasteiger partial charge in [0.1, 0.15) is 16.2 Å². The van der Waals surface area contributed by atoms with Crippen molar-refractivity contribution in [1.82, 2.24) is 15.3 Å². The quantitative estimate of drug-likeness (QED) is 0.472. The van der Waals surface area contributed by atoms with Crippen LogP contribution in [0.4, 0.5) is 0 Å². The monoisotopic (exact) mass is 379 g/mol. The molecular formula is C17H21N3O3S2. The molecule has 6 nitrogen and oxygen atoms in total. The van der Waals surface area contributed by atoms with Gasteiger partial charge in [0.05, 0.1) is 5.75 Å². The highest BCUT2D eigenvalue weighted by Gasteiger charge is 2.23. The molecular weight excluding hydrogens is 358 g/mol. The van der Waals surface area contributed by atoms with Crippen molar-refractivity contribution in [2.24, 2.45) is 5.92 Å². The van der Waals surface area contributed by atoms with Gasteiger partial charge in [0.2, 0.25) is 0 Å². The van der Waals surface area contributed by atoms with Crippen LogP contribution in [0.3, 0.4) is 0 Å². The molecule has 0 aliphatic heterocycles. The van der Waals surface area contributed by atoms with Gasteiger partial charge in [-0.3, -0.25) is 9.59 Å². The standard InChI is InChI=1S/C17H21N3O3S2/c1-11-4-2-3-5-13(11)20-14(21)8-23-15(22)9-25-17-12-6-7-24-16(12)18-10-19-17/h6-7,10-11,13H,2-5,8-9H2,1H3,(H,20,21)/t11-,13+/m1/s1. The van der Waals surface area contributed by atoms with Crippen molar-refractivity contribution >= 4 is 45.2 Å². The van der Waals surface area contributed by atoms with Crippen molar-refractivity contribution in [2.45, 2.75) is 43.7 Å². The van der Waals surface area contributed by atoms with Crippen molar-refractivity contribution in [3.63, 3.8) is 0 Å². The molecule has 1 aliphatic rings. The molecule has 1 N–H and O–H groups in total. The molecule has 0 radical (unpaired) electrons. The number of hydrogen-bond acceptors (Lipinski definition) is 7. The summed E-state index contributed by atoms with van der Waals surface area (Å²) < 4.78 is 5.08. The fraction of sp³-hybridized carbons (Fsp3) is 0.529. The molecule has 134 valence electrons. The number of ether oxygens (including phenoxy) is 1. The molecule has 1 saturated carbocycles. The summed E-state index contributed by atoms with van der Waals surface area (Å²) in [5.41, 5.74) is 0. The molecule has 2 atom stereocenters. The molecule has 8 heteroatoms. The fourth-order valence-electron chi connectivity index (χ4n) is 2.98. The van der Waals surface area contributed by atoms with Crippen LogP contribution in [0.1, 0.15) is 32.6 Å². The molecule has 0 unspecified atom stereocenters. The summed E-state index contributed by atoms with van der Waals surface area (Å²) in [4.78, 5) is 33.1. The van der Waals surface area contributed by atoms with Gasteiger partial charge in [-0.15, -0.1) is 11.3 Å². The van der Waals surface area contributed by atoms with Gasteiger partial charge in [0.15, 0.2) is 6.61 Å². The van der Waals surface area contributed by atoms with Crippen LogP contribution in [0, 0.1) is 5.92 Å². The predicted molar refractivity (Wildman–Crippen MR) is 98.7 cm³/mol. The minimum Gasteiger partial charge on any atom is -0.455 e. The Morgan fingerprint density at radius 2 is 2.20 bits per heavy atom. The van der Waals surface area contributed by atoms with E-state index in [0.717, 1.165) is 34.5 Å². The highest BCUT2D eigenvalue weighted by molar-refractivity contribution is 8.00. The zero-order valence-electron chi connectivity index (χ0n) is 14.1. The molecule has 25 heavy (non-hydrogen) atoms. The molecule has 2 heterocycles. The maximum atomic E-state index is 12.0. The molecule has 1 aliphatic carbocycles. The number of aromatic nitrogens is 2. The lowest BCUT2D eigenvalue weighted by Crippen LogP contribution is -2.43. The largest absolute Gasteiger partial charge is 0.455 e. The Bertz CT molecular complexity index is 750. The first-order chi connectivity index (χ1) is 12.1. The number of hydrogen-bond donors (Lipinski definition) is 1. The van der Waals surface area contributed by atoms with Gasteiger partial charge in [-0.1, -0.05) is 31.5 Å². The van der Waals surface area contributed by atoms with E-state index >= 15 is 0 Å². The Labute approximate surface area is 154 Å². The number of carbonyl (C=O) groups excluding carboxylic acids is 2. The van der Waals surface area contributed by atoms with Gasteiger partial charge in [-0.05, 0) is 30.2 Å². The van der Waals surface area contributed by atoms with E-state index in [4.69, 9.17) is 4.74 Å². The number of nitrogens with one attached hydrogen (secondary N) is 1. The van der Waals surface area contributed by atoms with Gasteiger partial charge in [-0.2, -0.15) is 0 Å². The number of carbonyl (C=O) groups is 2. The number of esters is 1. The first kappa shape index (κ1) is 18.1. The topological polar surface area (TPSA) is 81.2 Å². The second kappa shape index (κ2) is 8.62. The van der Waals surface area contributed by atoms with E-state index in [2.05, 4.69) is 22.2 Å². The first-order valence-electron chi connectivity index (χ1n) is 8.39. The van der Waals surface area contributed by atoms with E-state index in [9.17, 15) is 9.59 Å². The first-order valence-corrected chi connectivity index (χ1v) is 10.3. The number of fused-ring (bicyclic) bond motifs is 1. The third-order valence-electron chi connectivity index (χ3n) is 4.37. The molecule has 1 fully saturated rings. The lowest BCUT2D eigenvalue weighted by Gasteiger charge is -2.29. The van der Waals surface area contributed by atoms with E-state index in [1.54, 1.807) is 0 Å². The van der Waals surface area contributed by atoms with Crippen molar-refractivity contribution in [2.75, 3.05) is 12.4 Å². The Kier molecular flexibility index (Phi) is 6.25. The van der Waals surface area contributed by atoms with Crippen LogP contribution in [0.15, 0.2) is 22.8 Å². The maximum Gasteiger partial charge on any atom is 0.316 e. The SMILES string of the molecule is C[C@@H]1CCCC[C@@H]1NC(=O)COC(=O)CSc1ncnc2sccc12. The van der Waals surface area contributed by atoms with Gasteiger partial charge < -0.3 is 10.1 Å². The number of nitrogens with zero attached hydrogens (tertiary/aromatic N) is 2.